The van der Waals surface area contributed by atoms with Crippen LogP contribution in [0.1, 0.15) is 47.0 Å². The lowest BCUT2D eigenvalue weighted by Crippen LogP contribution is -2.45. The molecule has 1 fully saturated rings. The Hall–Kier alpha value is -0.0400. The summed E-state index contributed by atoms with van der Waals surface area (Å²) in [5.41, 5.74) is 0. The molecule has 1 aliphatic heterocycles. The molecule has 0 spiro atoms. The van der Waals surface area contributed by atoms with E-state index in [9.17, 15) is 0 Å². The highest BCUT2D eigenvalue weighted by atomic mass is 15.2. The van der Waals surface area contributed by atoms with Crippen molar-refractivity contribution in [1.82, 2.24) is 4.90 Å². The van der Waals surface area contributed by atoms with E-state index in [4.69, 9.17) is 0 Å². The van der Waals surface area contributed by atoms with E-state index >= 15 is 0 Å². The molecule has 1 nitrogen and oxygen atoms in total. The quantitative estimate of drug-likeness (QED) is 0.649. The second-order valence-corrected chi connectivity index (χ2v) is 4.98. The summed E-state index contributed by atoms with van der Waals surface area (Å²) >= 11 is 0. The highest BCUT2D eigenvalue weighted by Crippen LogP contribution is 2.25. The van der Waals surface area contributed by atoms with Crippen LogP contribution in [0.5, 0.6) is 0 Å². The Morgan fingerprint density at radius 2 is 2.08 bits per heavy atom. The van der Waals surface area contributed by atoms with Crippen LogP contribution in [0.3, 0.4) is 0 Å². The van der Waals surface area contributed by atoms with Gasteiger partial charge in [0.2, 0.25) is 0 Å². The zero-order valence-corrected chi connectivity index (χ0v) is 9.71. The predicted octanol–water partition coefficient (Wildman–Crippen LogP) is 3.15. The van der Waals surface area contributed by atoms with Crippen molar-refractivity contribution in [3.8, 4) is 0 Å². The third-order valence-electron chi connectivity index (χ3n) is 3.25. The third kappa shape index (κ3) is 2.98. The molecule has 2 unspecified atom stereocenters. The van der Waals surface area contributed by atoms with Crippen LogP contribution in [0, 0.1) is 11.8 Å². The van der Waals surface area contributed by atoms with Gasteiger partial charge < -0.3 is 0 Å². The maximum atomic E-state index is 2.71. The lowest BCUT2D eigenvalue weighted by atomic mass is 9.88. The van der Waals surface area contributed by atoms with E-state index in [0.717, 1.165) is 17.9 Å². The van der Waals surface area contributed by atoms with Gasteiger partial charge in [0.1, 0.15) is 0 Å². The molecule has 0 N–H and O–H groups in total. The fourth-order valence-corrected chi connectivity index (χ4v) is 2.69. The minimum Gasteiger partial charge on any atom is -0.300 e. The van der Waals surface area contributed by atoms with Crippen molar-refractivity contribution < 1.29 is 0 Å². The predicted molar refractivity (Wildman–Crippen MR) is 58.9 cm³/mol. The highest BCUT2D eigenvalue weighted by molar-refractivity contribution is 4.81. The summed E-state index contributed by atoms with van der Waals surface area (Å²) in [6.07, 6.45) is 4.17. The first-order valence-corrected chi connectivity index (χ1v) is 5.89. The summed E-state index contributed by atoms with van der Waals surface area (Å²) in [6.45, 7) is 12.0. The van der Waals surface area contributed by atoms with E-state index in [1.165, 1.54) is 32.4 Å². The Kier molecular flexibility index (Phi) is 4.24. The second-order valence-electron chi connectivity index (χ2n) is 4.98. The van der Waals surface area contributed by atoms with E-state index < -0.39 is 0 Å². The highest BCUT2D eigenvalue weighted by Gasteiger charge is 2.26. The molecular formula is C12H25N. The van der Waals surface area contributed by atoms with Gasteiger partial charge in [0, 0.05) is 12.6 Å². The summed E-state index contributed by atoms with van der Waals surface area (Å²) in [7, 11) is 0. The van der Waals surface area contributed by atoms with Crippen LogP contribution in [-0.2, 0) is 0 Å². The van der Waals surface area contributed by atoms with Crippen LogP contribution in [0.15, 0.2) is 0 Å². The molecule has 0 radical (unpaired) electrons. The van der Waals surface area contributed by atoms with Gasteiger partial charge in [0.25, 0.3) is 0 Å². The molecule has 2 atom stereocenters. The summed E-state index contributed by atoms with van der Waals surface area (Å²) in [6, 6.07) is 0.858. The lowest BCUT2D eigenvalue weighted by molar-refractivity contribution is 0.0859. The van der Waals surface area contributed by atoms with Gasteiger partial charge in [-0.1, -0.05) is 27.7 Å². The first-order valence-electron chi connectivity index (χ1n) is 5.89. The molecule has 0 aliphatic carbocycles. The van der Waals surface area contributed by atoms with Crippen molar-refractivity contribution >= 4 is 0 Å². The Labute approximate surface area is 83.5 Å². The summed E-state index contributed by atoms with van der Waals surface area (Å²) in [5, 5.41) is 0. The molecule has 0 bridgehead atoms. The molecule has 1 heterocycles. The normalized spacial score (nSPS) is 31.2. The van der Waals surface area contributed by atoms with Crippen LogP contribution >= 0.6 is 0 Å². The van der Waals surface area contributed by atoms with E-state index in [1.54, 1.807) is 0 Å². The van der Waals surface area contributed by atoms with Crippen molar-refractivity contribution in [1.29, 1.82) is 0 Å². The van der Waals surface area contributed by atoms with Gasteiger partial charge >= 0.3 is 0 Å². The molecular weight excluding hydrogens is 158 g/mol. The number of nitrogens with zero attached hydrogens (tertiary/aromatic N) is 1. The molecule has 0 aromatic carbocycles. The average Bonchev–Trinajstić information content (AvgIpc) is 2.03. The molecule has 13 heavy (non-hydrogen) atoms. The van der Waals surface area contributed by atoms with E-state index in [0.29, 0.717) is 0 Å². The van der Waals surface area contributed by atoms with E-state index in [-0.39, 0.29) is 0 Å². The Bertz CT molecular complexity index is 142. The first-order chi connectivity index (χ1) is 6.15. The number of hydrogen-bond donors (Lipinski definition) is 0. The van der Waals surface area contributed by atoms with E-state index in [2.05, 4.69) is 32.6 Å². The van der Waals surface area contributed by atoms with Crippen molar-refractivity contribution in [2.75, 3.05) is 13.1 Å². The Morgan fingerprint density at radius 1 is 1.38 bits per heavy atom. The van der Waals surface area contributed by atoms with Crippen LogP contribution in [0.2, 0.25) is 0 Å². The van der Waals surface area contributed by atoms with Crippen LogP contribution < -0.4 is 0 Å². The van der Waals surface area contributed by atoms with E-state index in [1.807, 2.05) is 0 Å². The van der Waals surface area contributed by atoms with Gasteiger partial charge in [0.15, 0.2) is 0 Å². The molecule has 1 rings (SSSR count). The first kappa shape index (κ1) is 11.0. The van der Waals surface area contributed by atoms with Gasteiger partial charge in [0.05, 0.1) is 0 Å². The molecule has 1 saturated heterocycles. The van der Waals surface area contributed by atoms with Crippen LogP contribution in [0.25, 0.3) is 0 Å². The smallest absolute Gasteiger partial charge is 0.0118 e. The summed E-state index contributed by atoms with van der Waals surface area (Å²) < 4.78 is 0. The molecule has 0 aromatic heterocycles. The van der Waals surface area contributed by atoms with Crippen molar-refractivity contribution in [3.05, 3.63) is 0 Å². The van der Waals surface area contributed by atoms with Crippen molar-refractivity contribution in [2.24, 2.45) is 11.8 Å². The third-order valence-corrected chi connectivity index (χ3v) is 3.25. The second kappa shape index (κ2) is 4.99. The SMILES string of the molecule is CCC1C(C)CCCN1CC(C)C. The van der Waals surface area contributed by atoms with Crippen LogP contribution in [-0.4, -0.2) is 24.0 Å². The summed E-state index contributed by atoms with van der Waals surface area (Å²) in [4.78, 5) is 2.71. The van der Waals surface area contributed by atoms with Gasteiger partial charge in [-0.25, -0.2) is 0 Å². The maximum Gasteiger partial charge on any atom is 0.0118 e. The molecule has 0 aromatic rings. The maximum absolute atomic E-state index is 2.71. The molecule has 0 saturated carbocycles. The lowest BCUT2D eigenvalue weighted by Gasteiger charge is -2.40. The number of piperidine rings is 1. The fourth-order valence-electron chi connectivity index (χ4n) is 2.69. The van der Waals surface area contributed by atoms with Gasteiger partial charge in [-0.15, -0.1) is 0 Å². The minimum atomic E-state index is 0.819. The fraction of sp³-hybridized carbons (Fsp3) is 1.00. The number of likely N-dealkylation sites (tertiary alicyclic amines) is 1. The zero-order valence-electron chi connectivity index (χ0n) is 9.71. The molecule has 1 heteroatoms. The number of hydrogen-bond acceptors (Lipinski definition) is 1. The largest absolute Gasteiger partial charge is 0.300 e. The topological polar surface area (TPSA) is 3.24 Å². The Morgan fingerprint density at radius 3 is 2.62 bits per heavy atom. The van der Waals surface area contributed by atoms with Crippen molar-refractivity contribution in [2.45, 2.75) is 53.0 Å². The van der Waals surface area contributed by atoms with Gasteiger partial charge in [-0.3, -0.25) is 4.90 Å². The molecule has 78 valence electrons. The van der Waals surface area contributed by atoms with Gasteiger partial charge in [-0.2, -0.15) is 0 Å². The van der Waals surface area contributed by atoms with Crippen molar-refractivity contribution in [3.63, 3.8) is 0 Å². The zero-order chi connectivity index (χ0) is 9.84. The van der Waals surface area contributed by atoms with Gasteiger partial charge in [-0.05, 0) is 37.6 Å². The van der Waals surface area contributed by atoms with Crippen LogP contribution in [0.4, 0.5) is 0 Å². The monoisotopic (exact) mass is 183 g/mol. The standard InChI is InChI=1S/C12H25N/c1-5-12-11(4)7-6-8-13(12)9-10(2)3/h10-12H,5-9H2,1-4H3. The average molecular weight is 183 g/mol. The minimum absolute atomic E-state index is 0.819. The summed E-state index contributed by atoms with van der Waals surface area (Å²) in [5.74, 6) is 1.73. The molecule has 1 aliphatic rings. The number of rotatable bonds is 3. The Balaban J connectivity index is 2.49. The molecule has 0 amide bonds.